The molecule has 12 nitrogen and oxygen atoms in total. The van der Waals surface area contributed by atoms with E-state index in [1.165, 1.54) is 7.11 Å². The molecule has 5 rings (SSSR count). The summed E-state index contributed by atoms with van der Waals surface area (Å²) in [5.41, 5.74) is 3.13. The fourth-order valence-corrected chi connectivity index (χ4v) is 4.56. The van der Waals surface area contributed by atoms with Crippen LogP contribution in [0.3, 0.4) is 0 Å². The second kappa shape index (κ2) is 9.60. The van der Waals surface area contributed by atoms with Crippen molar-refractivity contribution < 1.29 is 22.3 Å². The molecule has 0 saturated carbocycles. The molecule has 184 valence electrons. The van der Waals surface area contributed by atoms with E-state index < -0.39 is 10.0 Å². The molecule has 2 N–H and O–H groups in total. The summed E-state index contributed by atoms with van der Waals surface area (Å²) in [6, 6.07) is 5.45. The summed E-state index contributed by atoms with van der Waals surface area (Å²) >= 11 is 0. The summed E-state index contributed by atoms with van der Waals surface area (Å²) in [5, 5.41) is 16.5. The lowest BCUT2D eigenvalue weighted by Gasteiger charge is -2.15. The average Bonchev–Trinajstić information content (AvgIpc) is 3.41. The van der Waals surface area contributed by atoms with E-state index in [-0.39, 0.29) is 11.6 Å². The molecule has 0 spiro atoms. The van der Waals surface area contributed by atoms with Crippen molar-refractivity contribution in [3.05, 3.63) is 36.5 Å². The first-order valence-electron chi connectivity index (χ1n) is 11.0. The highest BCUT2D eigenvalue weighted by Crippen LogP contribution is 2.35. The van der Waals surface area contributed by atoms with E-state index in [0.29, 0.717) is 36.1 Å². The lowest BCUT2D eigenvalue weighted by molar-refractivity contribution is 0.138. The molecular weight excluding hydrogens is 474 g/mol. The molecule has 1 aliphatic heterocycles. The third-order valence-corrected chi connectivity index (χ3v) is 6.19. The molecule has 4 aromatic rings. The van der Waals surface area contributed by atoms with Gasteiger partial charge in [-0.25, -0.2) is 13.4 Å². The van der Waals surface area contributed by atoms with Crippen molar-refractivity contribution in [2.24, 2.45) is 0 Å². The van der Waals surface area contributed by atoms with Crippen molar-refractivity contribution in [2.45, 2.75) is 13.0 Å². The number of nitrogens with zero attached hydrogens (tertiary/aromatic N) is 5. The molecule has 1 saturated heterocycles. The first-order valence-corrected chi connectivity index (χ1v) is 12.9. The van der Waals surface area contributed by atoms with Crippen LogP contribution >= 0.6 is 0 Å². The molecule has 0 aliphatic carbocycles. The molecule has 0 amide bonds. The molecule has 1 fully saturated rings. The van der Waals surface area contributed by atoms with E-state index >= 15 is 0 Å². The van der Waals surface area contributed by atoms with Crippen molar-refractivity contribution in [2.75, 3.05) is 44.4 Å². The van der Waals surface area contributed by atoms with Gasteiger partial charge in [-0.2, -0.15) is 5.10 Å². The SMILES string of the molecule is COc1ncc(-c2cc(-c3nnc(CN4CCCOCC4)o3)c3cn[nH]c3c2)cc1NS(C)(=O)=O. The number of nitrogens with one attached hydrogen (secondary N) is 2. The highest BCUT2D eigenvalue weighted by atomic mass is 32.2. The van der Waals surface area contributed by atoms with Gasteiger partial charge < -0.3 is 13.9 Å². The van der Waals surface area contributed by atoms with Crippen molar-refractivity contribution in [1.29, 1.82) is 0 Å². The zero-order valence-electron chi connectivity index (χ0n) is 19.3. The third-order valence-electron chi connectivity index (χ3n) is 5.60. The van der Waals surface area contributed by atoms with Gasteiger partial charge in [0, 0.05) is 36.8 Å². The zero-order valence-corrected chi connectivity index (χ0v) is 20.1. The molecule has 0 atom stereocenters. The number of hydrogen-bond acceptors (Lipinski definition) is 10. The molecular formula is C22H25N7O5S. The van der Waals surface area contributed by atoms with E-state index in [1.54, 1.807) is 18.5 Å². The largest absolute Gasteiger partial charge is 0.480 e. The first-order chi connectivity index (χ1) is 16.9. The second-order valence-corrected chi connectivity index (χ2v) is 10.0. The fourth-order valence-electron chi connectivity index (χ4n) is 4.01. The Bertz CT molecular complexity index is 1440. The average molecular weight is 500 g/mol. The number of benzene rings is 1. The minimum absolute atomic E-state index is 0.169. The van der Waals surface area contributed by atoms with E-state index in [1.807, 2.05) is 12.1 Å². The molecule has 13 heteroatoms. The Morgan fingerprint density at radius 2 is 2.03 bits per heavy atom. The Morgan fingerprint density at radius 3 is 2.86 bits per heavy atom. The van der Waals surface area contributed by atoms with Crippen molar-refractivity contribution >= 4 is 26.6 Å². The Morgan fingerprint density at radius 1 is 1.14 bits per heavy atom. The molecule has 0 bridgehead atoms. The van der Waals surface area contributed by atoms with Crippen LogP contribution in [0.1, 0.15) is 12.3 Å². The highest BCUT2D eigenvalue weighted by Gasteiger charge is 2.19. The number of anilines is 1. The highest BCUT2D eigenvalue weighted by molar-refractivity contribution is 7.92. The summed E-state index contributed by atoms with van der Waals surface area (Å²) in [5.74, 6) is 1.06. The Kier molecular flexibility index (Phi) is 6.36. The number of aromatic nitrogens is 5. The quantitative estimate of drug-likeness (QED) is 0.388. The van der Waals surface area contributed by atoms with Gasteiger partial charge in [0.25, 0.3) is 0 Å². The zero-order chi connectivity index (χ0) is 24.4. The fraction of sp³-hybridized carbons (Fsp3) is 0.364. The van der Waals surface area contributed by atoms with Crippen LogP contribution in [0.4, 0.5) is 5.69 Å². The molecule has 3 aromatic heterocycles. The maximum Gasteiger partial charge on any atom is 0.248 e. The van der Waals surface area contributed by atoms with Gasteiger partial charge in [-0.1, -0.05) is 0 Å². The lowest BCUT2D eigenvalue weighted by atomic mass is 10.0. The Labute approximate surface area is 201 Å². The Hall–Kier alpha value is -3.55. The number of aromatic amines is 1. The molecule has 35 heavy (non-hydrogen) atoms. The summed E-state index contributed by atoms with van der Waals surface area (Å²) in [6.07, 6.45) is 5.34. The number of ether oxygens (including phenoxy) is 2. The minimum atomic E-state index is -3.53. The van der Waals surface area contributed by atoms with E-state index in [9.17, 15) is 8.42 Å². The normalized spacial score (nSPS) is 15.3. The van der Waals surface area contributed by atoms with Crippen LogP contribution in [-0.2, 0) is 21.3 Å². The van der Waals surface area contributed by atoms with Gasteiger partial charge in [0.15, 0.2) is 0 Å². The lowest BCUT2D eigenvalue weighted by Crippen LogP contribution is -2.25. The maximum absolute atomic E-state index is 11.8. The number of rotatable bonds is 7. The predicted octanol–water partition coefficient (Wildman–Crippen LogP) is 2.28. The third kappa shape index (κ3) is 5.26. The topological polar surface area (TPSA) is 148 Å². The van der Waals surface area contributed by atoms with E-state index in [4.69, 9.17) is 13.9 Å². The van der Waals surface area contributed by atoms with Crippen LogP contribution in [0.15, 0.2) is 35.0 Å². The summed E-state index contributed by atoms with van der Waals surface area (Å²) in [4.78, 5) is 6.49. The molecule has 0 unspecified atom stereocenters. The number of sulfonamides is 1. The molecule has 1 aromatic carbocycles. The Balaban J connectivity index is 1.51. The predicted molar refractivity (Wildman–Crippen MR) is 128 cm³/mol. The number of hydrogen-bond donors (Lipinski definition) is 2. The van der Waals surface area contributed by atoms with Crippen LogP contribution in [0.5, 0.6) is 5.88 Å². The minimum Gasteiger partial charge on any atom is -0.480 e. The van der Waals surface area contributed by atoms with E-state index in [2.05, 4.69) is 35.0 Å². The van der Waals surface area contributed by atoms with Gasteiger partial charge in [-0.15, -0.1) is 10.2 Å². The number of methoxy groups -OCH3 is 1. The van der Waals surface area contributed by atoms with Crippen LogP contribution in [0.2, 0.25) is 0 Å². The van der Waals surface area contributed by atoms with Crippen molar-refractivity contribution in [3.8, 4) is 28.5 Å². The first kappa shape index (κ1) is 23.2. The van der Waals surface area contributed by atoms with Crippen molar-refractivity contribution in [1.82, 2.24) is 30.3 Å². The standard InChI is InChI=1S/C22H25N7O5S/c1-32-22-19(28-35(2,30)31)10-15(11-23-22)14-8-16(17-12-24-25-18(17)9-14)21-27-26-20(34-21)13-29-4-3-6-33-7-5-29/h8-12,28H,3-7,13H2,1-2H3,(H,24,25). The van der Waals surface area contributed by atoms with Gasteiger partial charge >= 0.3 is 0 Å². The van der Waals surface area contributed by atoms with Crippen LogP contribution in [-0.4, -0.2) is 78.4 Å². The maximum atomic E-state index is 11.8. The number of H-pyrrole nitrogens is 1. The van der Waals surface area contributed by atoms with Gasteiger partial charge in [0.2, 0.25) is 27.7 Å². The molecule has 1 aliphatic rings. The number of pyridine rings is 1. The van der Waals surface area contributed by atoms with Crippen molar-refractivity contribution in [3.63, 3.8) is 0 Å². The van der Waals surface area contributed by atoms with Gasteiger partial charge in [-0.3, -0.25) is 14.7 Å². The molecule has 4 heterocycles. The smallest absolute Gasteiger partial charge is 0.248 e. The van der Waals surface area contributed by atoms with Gasteiger partial charge in [-0.05, 0) is 30.2 Å². The van der Waals surface area contributed by atoms with Gasteiger partial charge in [0.05, 0.1) is 43.8 Å². The summed E-state index contributed by atoms with van der Waals surface area (Å²) in [7, 11) is -2.10. The van der Waals surface area contributed by atoms with Crippen LogP contribution in [0.25, 0.3) is 33.5 Å². The van der Waals surface area contributed by atoms with Crippen LogP contribution in [0, 0.1) is 0 Å². The molecule has 0 radical (unpaired) electrons. The summed E-state index contributed by atoms with van der Waals surface area (Å²) < 4.78 is 42.8. The van der Waals surface area contributed by atoms with Gasteiger partial charge in [0.1, 0.15) is 5.69 Å². The monoisotopic (exact) mass is 499 g/mol. The van der Waals surface area contributed by atoms with E-state index in [0.717, 1.165) is 48.8 Å². The number of fused-ring (bicyclic) bond motifs is 1. The summed E-state index contributed by atoms with van der Waals surface area (Å²) in [6.45, 7) is 3.72. The second-order valence-electron chi connectivity index (χ2n) is 8.25. The van der Waals surface area contributed by atoms with Crippen LogP contribution < -0.4 is 9.46 Å².